The molecule has 1 N–H and O–H groups in total. The third kappa shape index (κ3) is 3.09. The van der Waals surface area contributed by atoms with E-state index in [-0.39, 0.29) is 5.91 Å². The van der Waals surface area contributed by atoms with E-state index in [9.17, 15) is 4.79 Å². The van der Waals surface area contributed by atoms with Gasteiger partial charge in [-0.25, -0.2) is 0 Å². The predicted molar refractivity (Wildman–Crippen MR) is 87.0 cm³/mol. The topological polar surface area (TPSA) is 64.4 Å². The number of nitrogens with one attached hydrogen (secondary N) is 1. The molecule has 0 spiro atoms. The van der Waals surface area contributed by atoms with Crippen LogP contribution in [0.2, 0.25) is 0 Å². The molecule has 2 aromatic rings. The van der Waals surface area contributed by atoms with E-state index in [0.29, 0.717) is 29.5 Å². The summed E-state index contributed by atoms with van der Waals surface area (Å²) in [6.07, 6.45) is 3.29. The van der Waals surface area contributed by atoms with Gasteiger partial charge in [-0.05, 0) is 56.4 Å². The van der Waals surface area contributed by atoms with Crippen LogP contribution in [0, 0.1) is 13.8 Å². The Bertz CT molecular complexity index is 702. The minimum absolute atomic E-state index is 0.109. The van der Waals surface area contributed by atoms with Gasteiger partial charge in [-0.2, -0.15) is 0 Å². The van der Waals surface area contributed by atoms with Crippen LogP contribution in [0.25, 0.3) is 0 Å². The molecule has 0 bridgehead atoms. The maximum atomic E-state index is 12.4. The number of nitrogens with zero attached hydrogens (tertiary/aromatic N) is 1. The molecule has 1 aromatic heterocycles. The van der Waals surface area contributed by atoms with Gasteiger partial charge in [-0.1, -0.05) is 11.2 Å². The Kier molecular flexibility index (Phi) is 4.37. The number of aromatic nitrogens is 1. The fourth-order valence-corrected chi connectivity index (χ4v) is 3.34. The molecule has 1 aliphatic carbocycles. The van der Waals surface area contributed by atoms with Crippen LogP contribution in [0.4, 0.5) is 0 Å². The summed E-state index contributed by atoms with van der Waals surface area (Å²) in [5.41, 5.74) is 3.83. The molecule has 122 valence electrons. The molecule has 0 saturated heterocycles. The summed E-state index contributed by atoms with van der Waals surface area (Å²) < 4.78 is 10.4. The van der Waals surface area contributed by atoms with Gasteiger partial charge in [-0.15, -0.1) is 0 Å². The van der Waals surface area contributed by atoms with E-state index in [1.54, 1.807) is 21.0 Å². The summed E-state index contributed by atoms with van der Waals surface area (Å²) in [5.74, 6) is 1.69. The number of amides is 1. The number of carbonyl (C=O) groups excluding carboxylic acids is 1. The number of fused-ring (bicyclic) bond motifs is 1. The molecule has 1 aliphatic rings. The molecule has 5 heteroatoms. The van der Waals surface area contributed by atoms with Crippen molar-refractivity contribution >= 4 is 5.91 Å². The van der Waals surface area contributed by atoms with Crippen LogP contribution in [0.5, 0.6) is 5.75 Å². The molecule has 1 aromatic carbocycles. The van der Waals surface area contributed by atoms with E-state index in [0.717, 1.165) is 25.0 Å². The van der Waals surface area contributed by atoms with Crippen molar-refractivity contribution in [1.82, 2.24) is 10.5 Å². The predicted octanol–water partition coefficient (Wildman–Crippen LogP) is 3.15. The second-order valence-electron chi connectivity index (χ2n) is 6.06. The first-order chi connectivity index (χ1) is 11.1. The van der Waals surface area contributed by atoms with Crippen molar-refractivity contribution in [3.63, 3.8) is 0 Å². The first-order valence-corrected chi connectivity index (χ1v) is 7.98. The lowest BCUT2D eigenvalue weighted by atomic mass is 9.82. The van der Waals surface area contributed by atoms with Gasteiger partial charge in [0.1, 0.15) is 17.1 Å². The highest BCUT2D eigenvalue weighted by Gasteiger charge is 2.23. The van der Waals surface area contributed by atoms with Gasteiger partial charge in [0.2, 0.25) is 0 Å². The van der Waals surface area contributed by atoms with Gasteiger partial charge >= 0.3 is 0 Å². The molecule has 3 rings (SSSR count). The average Bonchev–Trinajstić information content (AvgIpc) is 2.90. The number of ether oxygens (including phenoxy) is 1. The Morgan fingerprint density at radius 3 is 2.96 bits per heavy atom. The van der Waals surface area contributed by atoms with Gasteiger partial charge in [0, 0.05) is 12.5 Å². The first-order valence-electron chi connectivity index (χ1n) is 7.98. The number of hydrogen-bond acceptors (Lipinski definition) is 4. The number of hydrogen-bond donors (Lipinski definition) is 1. The molecule has 1 atom stereocenters. The maximum Gasteiger partial charge on any atom is 0.256 e. The van der Waals surface area contributed by atoms with E-state index < -0.39 is 0 Å². The molecule has 0 fully saturated rings. The van der Waals surface area contributed by atoms with Gasteiger partial charge in [0.25, 0.3) is 5.91 Å². The smallest absolute Gasteiger partial charge is 0.256 e. The number of benzene rings is 1. The Hall–Kier alpha value is -2.30. The fraction of sp³-hybridized carbons (Fsp3) is 0.444. The minimum Gasteiger partial charge on any atom is -0.497 e. The van der Waals surface area contributed by atoms with Crippen LogP contribution in [0.15, 0.2) is 22.7 Å². The monoisotopic (exact) mass is 314 g/mol. The molecule has 1 amide bonds. The zero-order valence-electron chi connectivity index (χ0n) is 13.8. The van der Waals surface area contributed by atoms with Crippen molar-refractivity contribution in [2.45, 2.75) is 39.0 Å². The summed E-state index contributed by atoms with van der Waals surface area (Å²) in [7, 11) is 1.69. The number of methoxy groups -OCH3 is 1. The standard InChI is InChI=1S/C18H22N2O3/c1-11-17(12(2)23-20-11)18(21)19-10-14-6-4-5-13-9-15(22-3)7-8-16(13)14/h7-9,14H,4-6,10H2,1-3H3,(H,19,21)/t14-/m0/s1. The normalized spacial score (nSPS) is 16.7. The lowest BCUT2D eigenvalue weighted by molar-refractivity contribution is 0.0948. The van der Waals surface area contributed by atoms with Crippen LogP contribution in [-0.4, -0.2) is 24.7 Å². The van der Waals surface area contributed by atoms with E-state index in [1.807, 2.05) is 6.07 Å². The minimum atomic E-state index is -0.109. The van der Waals surface area contributed by atoms with Crippen LogP contribution in [0.3, 0.4) is 0 Å². The largest absolute Gasteiger partial charge is 0.497 e. The summed E-state index contributed by atoms with van der Waals surface area (Å²) in [6, 6.07) is 6.23. The SMILES string of the molecule is COc1ccc2c(c1)CCC[C@H]2CNC(=O)c1c(C)noc1C. The van der Waals surface area contributed by atoms with E-state index in [1.165, 1.54) is 11.1 Å². The molecular weight excluding hydrogens is 292 g/mol. The average molecular weight is 314 g/mol. The molecule has 0 radical (unpaired) electrons. The fourth-order valence-electron chi connectivity index (χ4n) is 3.34. The molecule has 1 heterocycles. The van der Waals surface area contributed by atoms with Crippen molar-refractivity contribution in [3.05, 3.63) is 46.3 Å². The van der Waals surface area contributed by atoms with Crippen LogP contribution < -0.4 is 10.1 Å². The van der Waals surface area contributed by atoms with Crippen molar-refractivity contribution in [3.8, 4) is 5.75 Å². The quantitative estimate of drug-likeness (QED) is 0.941. The third-order valence-corrected chi connectivity index (χ3v) is 4.56. The molecule has 0 unspecified atom stereocenters. The van der Waals surface area contributed by atoms with E-state index >= 15 is 0 Å². The highest BCUT2D eigenvalue weighted by molar-refractivity contribution is 5.96. The van der Waals surface area contributed by atoms with Crippen LogP contribution in [-0.2, 0) is 6.42 Å². The van der Waals surface area contributed by atoms with E-state index in [4.69, 9.17) is 9.26 Å². The second kappa shape index (κ2) is 6.44. The number of aryl methyl sites for hydroxylation is 3. The summed E-state index contributed by atoms with van der Waals surface area (Å²) >= 11 is 0. The molecule has 23 heavy (non-hydrogen) atoms. The van der Waals surface area contributed by atoms with Gasteiger partial charge in [0.05, 0.1) is 12.8 Å². The lowest BCUT2D eigenvalue weighted by Gasteiger charge is -2.26. The first kappa shape index (κ1) is 15.6. The van der Waals surface area contributed by atoms with Gasteiger partial charge in [0.15, 0.2) is 0 Å². The van der Waals surface area contributed by atoms with Crippen LogP contribution >= 0.6 is 0 Å². The lowest BCUT2D eigenvalue weighted by Crippen LogP contribution is -2.30. The Morgan fingerprint density at radius 1 is 1.43 bits per heavy atom. The van der Waals surface area contributed by atoms with Gasteiger partial charge in [-0.3, -0.25) is 4.79 Å². The Labute approximate surface area is 136 Å². The number of rotatable bonds is 4. The molecule has 5 nitrogen and oxygen atoms in total. The summed E-state index contributed by atoms with van der Waals surface area (Å²) in [6.45, 7) is 4.17. The van der Waals surface area contributed by atoms with Crippen molar-refractivity contribution < 1.29 is 14.1 Å². The Balaban J connectivity index is 1.72. The van der Waals surface area contributed by atoms with Gasteiger partial charge < -0.3 is 14.6 Å². The third-order valence-electron chi connectivity index (χ3n) is 4.56. The highest BCUT2D eigenvalue weighted by atomic mass is 16.5. The van der Waals surface area contributed by atoms with Crippen molar-refractivity contribution in [2.75, 3.05) is 13.7 Å². The summed E-state index contributed by atoms with van der Waals surface area (Å²) in [4.78, 5) is 12.4. The zero-order valence-corrected chi connectivity index (χ0v) is 13.8. The van der Waals surface area contributed by atoms with E-state index in [2.05, 4.69) is 22.6 Å². The number of carbonyl (C=O) groups is 1. The Morgan fingerprint density at radius 2 is 2.26 bits per heavy atom. The van der Waals surface area contributed by atoms with Crippen molar-refractivity contribution in [1.29, 1.82) is 0 Å². The maximum absolute atomic E-state index is 12.4. The molecule has 0 aliphatic heterocycles. The molecular formula is C18H22N2O3. The second-order valence-corrected chi connectivity index (χ2v) is 6.06. The zero-order chi connectivity index (χ0) is 16.4. The van der Waals surface area contributed by atoms with Crippen LogP contribution in [0.1, 0.15) is 51.7 Å². The highest BCUT2D eigenvalue weighted by Crippen LogP contribution is 2.33. The summed E-state index contributed by atoms with van der Waals surface area (Å²) in [5, 5.41) is 6.87. The van der Waals surface area contributed by atoms with Crippen molar-refractivity contribution in [2.24, 2.45) is 0 Å². The molecule has 0 saturated carbocycles.